The zero-order valence-electron chi connectivity index (χ0n) is 11.8. The second kappa shape index (κ2) is 7.77. The van der Waals surface area contributed by atoms with Gasteiger partial charge in [0.25, 0.3) is 0 Å². The lowest BCUT2D eigenvalue weighted by atomic mass is 10.3. The molecule has 0 unspecified atom stereocenters. The maximum atomic E-state index is 11.8. The molecule has 0 aromatic carbocycles. The van der Waals surface area contributed by atoms with Crippen molar-refractivity contribution in [1.82, 2.24) is 4.98 Å². The molecule has 20 heavy (non-hydrogen) atoms. The Hall–Kier alpha value is -0.900. The van der Waals surface area contributed by atoms with E-state index in [0.717, 1.165) is 0 Å². The fraction of sp³-hybridized carbons (Fsp3) is 0.500. The first-order chi connectivity index (χ1) is 8.72. The van der Waals surface area contributed by atoms with Crippen molar-refractivity contribution in [2.45, 2.75) is 25.5 Å². The van der Waals surface area contributed by atoms with E-state index < -0.39 is 14.6 Å². The molecule has 0 atom stereocenters. The molecule has 0 saturated heterocycles. The minimum Gasteiger partial charge on any atom is -0.370 e. The highest BCUT2D eigenvalue weighted by Crippen LogP contribution is 2.15. The summed E-state index contributed by atoms with van der Waals surface area (Å²) in [5.74, 6) is 0.700. The number of anilines is 1. The van der Waals surface area contributed by atoms with Gasteiger partial charge in [0.05, 0.1) is 17.0 Å². The number of hydrogen-bond acceptors (Lipinski definition) is 4. The van der Waals surface area contributed by atoms with Crippen molar-refractivity contribution in [3.63, 3.8) is 0 Å². The van der Waals surface area contributed by atoms with E-state index in [0.29, 0.717) is 5.82 Å². The summed E-state index contributed by atoms with van der Waals surface area (Å²) in [6.45, 7) is 5.13. The van der Waals surface area contributed by atoms with Crippen LogP contribution in [0.4, 0.5) is 5.82 Å². The number of rotatable bonds is 4. The van der Waals surface area contributed by atoms with E-state index in [1.54, 1.807) is 39.1 Å². The van der Waals surface area contributed by atoms with Crippen LogP contribution in [0.25, 0.3) is 0 Å². The first kappa shape index (κ1) is 19.1. The molecule has 0 saturated carbocycles. The van der Waals surface area contributed by atoms with Gasteiger partial charge in [-0.1, -0.05) is 6.07 Å². The Morgan fingerprint density at radius 2 is 2.05 bits per heavy atom. The number of sulfone groups is 1. The van der Waals surface area contributed by atoms with Crippen LogP contribution in [0, 0.1) is 0 Å². The minimum atomic E-state index is -3.17. The number of nitrogens with one attached hydrogen (secondary N) is 1. The third-order valence-electron chi connectivity index (χ3n) is 2.50. The molecule has 0 aliphatic rings. The Morgan fingerprint density at radius 3 is 2.55 bits per heavy atom. The number of halogens is 1. The molecule has 0 amide bonds. The molecule has 0 aliphatic heterocycles. The average molecular weight is 412 g/mol. The fourth-order valence-corrected chi connectivity index (χ4v) is 2.14. The highest BCUT2D eigenvalue weighted by molar-refractivity contribution is 14.0. The van der Waals surface area contributed by atoms with E-state index in [2.05, 4.69) is 15.3 Å². The molecule has 3 N–H and O–H groups in total. The molecule has 1 heterocycles. The van der Waals surface area contributed by atoms with Gasteiger partial charge < -0.3 is 11.1 Å². The molecule has 0 fully saturated rings. The summed E-state index contributed by atoms with van der Waals surface area (Å²) in [5, 5.41) is 2.79. The van der Waals surface area contributed by atoms with Crippen LogP contribution in [0.15, 0.2) is 29.4 Å². The number of aliphatic imine (C=N–C) groups is 1. The molecule has 8 heteroatoms. The lowest BCUT2D eigenvalue weighted by Gasteiger charge is -2.18. The minimum absolute atomic E-state index is 0. The molecule has 6 nitrogen and oxygen atoms in total. The summed E-state index contributed by atoms with van der Waals surface area (Å²) in [5.41, 5.74) is 5.65. The van der Waals surface area contributed by atoms with Crippen LogP contribution in [-0.4, -0.2) is 36.4 Å². The van der Waals surface area contributed by atoms with E-state index >= 15 is 0 Å². The second-order valence-corrected chi connectivity index (χ2v) is 7.90. The van der Waals surface area contributed by atoms with Gasteiger partial charge in [0, 0.05) is 6.20 Å². The normalized spacial score (nSPS) is 12.7. The first-order valence-electron chi connectivity index (χ1n) is 5.93. The van der Waals surface area contributed by atoms with Crippen molar-refractivity contribution in [3.05, 3.63) is 24.4 Å². The number of nitrogens with two attached hydrogens (primary N) is 1. The van der Waals surface area contributed by atoms with Crippen LogP contribution in [0.2, 0.25) is 0 Å². The first-order valence-corrected chi connectivity index (χ1v) is 7.58. The zero-order valence-corrected chi connectivity index (χ0v) is 15.0. The van der Waals surface area contributed by atoms with Gasteiger partial charge in [-0.15, -0.1) is 24.0 Å². The summed E-state index contributed by atoms with van der Waals surface area (Å²) in [6, 6.07) is 5.34. The summed E-state index contributed by atoms with van der Waals surface area (Å²) in [6.07, 6.45) is 1.62. The largest absolute Gasteiger partial charge is 0.370 e. The quantitative estimate of drug-likeness (QED) is 0.445. The average Bonchev–Trinajstić information content (AvgIpc) is 2.28. The van der Waals surface area contributed by atoms with Gasteiger partial charge in [0.1, 0.15) is 5.82 Å². The second-order valence-electron chi connectivity index (χ2n) is 5.04. The van der Waals surface area contributed by atoms with Crippen molar-refractivity contribution in [3.8, 4) is 0 Å². The number of guanidine groups is 1. The van der Waals surface area contributed by atoms with Crippen molar-refractivity contribution in [1.29, 1.82) is 0 Å². The third-order valence-corrected chi connectivity index (χ3v) is 5.08. The van der Waals surface area contributed by atoms with Gasteiger partial charge in [0.2, 0.25) is 0 Å². The monoisotopic (exact) mass is 412 g/mol. The number of nitrogens with zero attached hydrogens (tertiary/aromatic N) is 2. The molecular formula is C12H21IN4O2S. The van der Waals surface area contributed by atoms with Crippen LogP contribution in [0.1, 0.15) is 20.8 Å². The molecule has 0 aliphatic carbocycles. The van der Waals surface area contributed by atoms with Crippen LogP contribution < -0.4 is 11.1 Å². The summed E-state index contributed by atoms with van der Waals surface area (Å²) >= 11 is 0. The number of hydrogen-bond donors (Lipinski definition) is 2. The van der Waals surface area contributed by atoms with Crippen LogP contribution in [0.3, 0.4) is 0 Å². The number of aromatic nitrogens is 1. The molecule has 114 valence electrons. The SMILES string of the molecule is CC(C)(C)S(=O)(=O)CCN=C(N)Nc1ccccn1.I. The highest BCUT2D eigenvalue weighted by Gasteiger charge is 2.28. The molecule has 1 aromatic heterocycles. The number of pyridine rings is 1. The predicted molar refractivity (Wildman–Crippen MR) is 93.3 cm³/mol. The molecule has 0 radical (unpaired) electrons. The van der Waals surface area contributed by atoms with Gasteiger partial charge in [0.15, 0.2) is 15.8 Å². The van der Waals surface area contributed by atoms with E-state index in [1.165, 1.54) is 0 Å². The van der Waals surface area contributed by atoms with Gasteiger partial charge >= 0.3 is 0 Å². The predicted octanol–water partition coefficient (Wildman–Crippen LogP) is 1.64. The van der Waals surface area contributed by atoms with Gasteiger partial charge in [-0.25, -0.2) is 13.4 Å². The zero-order chi connectivity index (χ0) is 14.5. The van der Waals surface area contributed by atoms with E-state index in [1.807, 2.05) is 6.07 Å². The Labute approximate surface area is 137 Å². The Morgan fingerprint density at radius 1 is 1.40 bits per heavy atom. The highest BCUT2D eigenvalue weighted by atomic mass is 127. The maximum absolute atomic E-state index is 11.8. The van der Waals surface area contributed by atoms with Gasteiger partial charge in [-0.2, -0.15) is 0 Å². The van der Waals surface area contributed by atoms with Crippen molar-refractivity contribution < 1.29 is 8.42 Å². The smallest absolute Gasteiger partial charge is 0.194 e. The molecule has 0 bridgehead atoms. The molecule has 1 aromatic rings. The van der Waals surface area contributed by atoms with Crippen molar-refractivity contribution in [2.24, 2.45) is 10.7 Å². The van der Waals surface area contributed by atoms with E-state index in [9.17, 15) is 8.42 Å². The van der Waals surface area contributed by atoms with E-state index in [4.69, 9.17) is 5.73 Å². The third kappa shape index (κ3) is 6.04. The molecular weight excluding hydrogens is 391 g/mol. The summed E-state index contributed by atoms with van der Waals surface area (Å²) < 4.78 is 22.9. The molecule has 1 rings (SSSR count). The Balaban J connectivity index is 0.00000361. The lowest BCUT2D eigenvalue weighted by molar-refractivity contribution is 0.560. The summed E-state index contributed by atoms with van der Waals surface area (Å²) in [4.78, 5) is 8.01. The van der Waals surface area contributed by atoms with Crippen molar-refractivity contribution in [2.75, 3.05) is 17.6 Å². The Bertz CT molecular complexity index is 538. The van der Waals surface area contributed by atoms with Crippen LogP contribution in [0.5, 0.6) is 0 Å². The van der Waals surface area contributed by atoms with Crippen molar-refractivity contribution >= 4 is 45.6 Å². The summed E-state index contributed by atoms with van der Waals surface area (Å²) in [7, 11) is -3.17. The van der Waals surface area contributed by atoms with Crippen LogP contribution in [-0.2, 0) is 9.84 Å². The van der Waals surface area contributed by atoms with Gasteiger partial charge in [-0.3, -0.25) is 4.99 Å². The van der Waals surface area contributed by atoms with E-state index in [-0.39, 0.29) is 42.2 Å². The molecule has 0 spiro atoms. The Kier molecular flexibility index (Phi) is 7.42. The van der Waals surface area contributed by atoms with Crippen LogP contribution >= 0.6 is 24.0 Å². The fourth-order valence-electron chi connectivity index (χ4n) is 1.20. The maximum Gasteiger partial charge on any atom is 0.194 e. The van der Waals surface area contributed by atoms with Gasteiger partial charge in [-0.05, 0) is 32.9 Å². The standard InChI is InChI=1S/C12H20N4O2S.HI/c1-12(2,3)19(17,18)9-8-15-11(13)16-10-6-4-5-7-14-10;/h4-7H,8-9H2,1-3H3,(H3,13,14,15,16);1H. The lowest BCUT2D eigenvalue weighted by Crippen LogP contribution is -2.32. The topological polar surface area (TPSA) is 97.4 Å².